The number of aromatic nitrogens is 3. The quantitative estimate of drug-likeness (QED) is 0.230. The minimum atomic E-state index is -1.37. The first-order valence-corrected chi connectivity index (χ1v) is 19.9. The number of fused-ring (bicyclic) bond motifs is 7. The van der Waals surface area contributed by atoms with E-state index < -0.39 is 35.5 Å². The van der Waals surface area contributed by atoms with Gasteiger partial charge in [-0.05, 0) is 112 Å². The van der Waals surface area contributed by atoms with Crippen LogP contribution < -0.4 is 19.7 Å². The number of likely N-dealkylation sites (tertiary alicyclic amines) is 1. The number of pyridine rings is 1. The number of ether oxygens (including phenoxy) is 3. The van der Waals surface area contributed by atoms with E-state index in [4.69, 9.17) is 19.2 Å². The summed E-state index contributed by atoms with van der Waals surface area (Å²) in [6.07, 6.45) is 6.04. The molecule has 1 N–H and O–H groups in total. The highest BCUT2D eigenvalue weighted by atomic mass is 19.1. The van der Waals surface area contributed by atoms with Gasteiger partial charge in [-0.15, -0.1) is 0 Å². The fraction of sp³-hybridized carbons (Fsp3) is 0.537. The first-order chi connectivity index (χ1) is 27.1. The van der Waals surface area contributed by atoms with Crippen molar-refractivity contribution in [2.24, 2.45) is 0 Å². The molecule has 0 saturated carbocycles. The van der Waals surface area contributed by atoms with Gasteiger partial charge in [-0.2, -0.15) is 9.97 Å². The second-order valence-electron chi connectivity index (χ2n) is 16.3. The summed E-state index contributed by atoms with van der Waals surface area (Å²) in [5.41, 5.74) is -1.01. The molecule has 4 saturated heterocycles. The van der Waals surface area contributed by atoms with Crippen molar-refractivity contribution < 1.29 is 37.0 Å². The molecule has 4 fully saturated rings. The molecule has 6 aliphatic rings. The highest BCUT2D eigenvalue weighted by Crippen LogP contribution is 2.42. The van der Waals surface area contributed by atoms with Gasteiger partial charge in [-0.1, -0.05) is 6.07 Å². The van der Waals surface area contributed by atoms with Gasteiger partial charge in [-0.3, -0.25) is 9.88 Å². The molecule has 10 rings (SSSR count). The maximum absolute atomic E-state index is 17.5. The van der Waals surface area contributed by atoms with Gasteiger partial charge in [0.05, 0.1) is 29.6 Å². The smallest absolute Gasteiger partial charge is 0.415 e. The van der Waals surface area contributed by atoms with E-state index in [1.54, 1.807) is 28.9 Å². The lowest BCUT2D eigenvalue weighted by Gasteiger charge is -2.42. The molecule has 2 aromatic heterocycles. The molecule has 2 unspecified atom stereocenters. The Kier molecular flexibility index (Phi) is 9.53. The third kappa shape index (κ3) is 6.81. The lowest BCUT2D eigenvalue weighted by molar-refractivity contribution is 0.107. The average Bonchev–Trinajstić information content (AvgIpc) is 3.76. The molecule has 2 amide bonds. The zero-order valence-electron chi connectivity index (χ0n) is 31.6. The van der Waals surface area contributed by atoms with Gasteiger partial charge in [0.2, 0.25) is 0 Å². The summed E-state index contributed by atoms with van der Waals surface area (Å²) in [7, 11) is 0. The SMILES string of the molecule is CC12CC(F)CN(C1)c1nc(OCC34CCCN3CCC4)nc3c(F)c(ncc13)-c1cc(OC(=O)N3CCCCC3)cc3ccc(F)c(c13)CCCOC(=O)N2. The second-order valence-corrected chi connectivity index (χ2v) is 16.3. The Hall–Kier alpha value is -4.92. The molecule has 15 heteroatoms. The number of halogens is 3. The van der Waals surface area contributed by atoms with Crippen LogP contribution in [0.1, 0.15) is 70.3 Å². The van der Waals surface area contributed by atoms with Crippen LogP contribution in [0.3, 0.4) is 0 Å². The Balaban J connectivity index is 1.22. The maximum Gasteiger partial charge on any atom is 0.415 e. The summed E-state index contributed by atoms with van der Waals surface area (Å²) in [6, 6.07) is 5.96. The van der Waals surface area contributed by atoms with Crippen molar-refractivity contribution in [2.75, 3.05) is 57.4 Å². The Labute approximate surface area is 322 Å². The zero-order valence-corrected chi connectivity index (χ0v) is 31.6. The van der Waals surface area contributed by atoms with E-state index in [1.165, 1.54) is 18.3 Å². The lowest BCUT2D eigenvalue weighted by atomic mass is 9.90. The number of hydrogen-bond acceptors (Lipinski definition) is 10. The molecule has 0 aliphatic carbocycles. The predicted octanol–water partition coefficient (Wildman–Crippen LogP) is 7.09. The Morgan fingerprint density at radius 2 is 1.84 bits per heavy atom. The molecule has 2 aromatic carbocycles. The summed E-state index contributed by atoms with van der Waals surface area (Å²) < 4.78 is 66.8. The fourth-order valence-electron chi connectivity index (χ4n) is 9.69. The van der Waals surface area contributed by atoms with E-state index in [-0.39, 0.29) is 89.8 Å². The first-order valence-electron chi connectivity index (χ1n) is 19.9. The summed E-state index contributed by atoms with van der Waals surface area (Å²) in [4.78, 5) is 46.2. The van der Waals surface area contributed by atoms with Gasteiger partial charge in [0.1, 0.15) is 41.4 Å². The van der Waals surface area contributed by atoms with Crippen molar-refractivity contribution in [3.05, 3.63) is 47.7 Å². The number of amides is 2. The second kappa shape index (κ2) is 14.5. The van der Waals surface area contributed by atoms with Crippen LogP contribution in [0.5, 0.6) is 11.8 Å². The van der Waals surface area contributed by atoms with Crippen LogP contribution in [0, 0.1) is 11.6 Å². The molecular formula is C41H46F3N7O5. The molecule has 4 aromatic rings. The van der Waals surface area contributed by atoms with E-state index in [0.717, 1.165) is 58.0 Å². The number of hydrogen-bond donors (Lipinski definition) is 1. The van der Waals surface area contributed by atoms with E-state index in [1.807, 2.05) is 0 Å². The largest absolute Gasteiger partial charge is 0.461 e. The number of carbonyl (C=O) groups is 2. The minimum Gasteiger partial charge on any atom is -0.461 e. The van der Waals surface area contributed by atoms with Crippen molar-refractivity contribution in [1.29, 1.82) is 0 Å². The van der Waals surface area contributed by atoms with Crippen LogP contribution in [0.15, 0.2) is 30.5 Å². The molecule has 0 radical (unpaired) electrons. The number of benzene rings is 2. The number of aryl methyl sites for hydroxylation is 1. The van der Waals surface area contributed by atoms with Crippen LogP contribution in [-0.2, 0) is 11.2 Å². The molecule has 12 nitrogen and oxygen atoms in total. The Bertz CT molecular complexity index is 2190. The third-order valence-electron chi connectivity index (χ3n) is 12.3. The number of nitrogens with zero attached hydrogens (tertiary/aromatic N) is 6. The highest BCUT2D eigenvalue weighted by molar-refractivity contribution is 6.02. The van der Waals surface area contributed by atoms with E-state index in [2.05, 4.69) is 20.2 Å². The number of alkyl carbamates (subject to hydrolysis) is 1. The van der Waals surface area contributed by atoms with Crippen molar-refractivity contribution in [2.45, 2.75) is 88.4 Å². The Morgan fingerprint density at radius 3 is 2.64 bits per heavy atom. The van der Waals surface area contributed by atoms with Crippen molar-refractivity contribution in [3.8, 4) is 23.0 Å². The summed E-state index contributed by atoms with van der Waals surface area (Å²) >= 11 is 0. The fourth-order valence-corrected chi connectivity index (χ4v) is 9.69. The molecular weight excluding hydrogens is 727 g/mol. The van der Waals surface area contributed by atoms with Crippen molar-refractivity contribution in [1.82, 2.24) is 30.1 Å². The van der Waals surface area contributed by atoms with Crippen LogP contribution in [0.4, 0.5) is 28.6 Å². The zero-order chi connectivity index (χ0) is 38.6. The summed E-state index contributed by atoms with van der Waals surface area (Å²) in [5, 5.41) is 3.94. The van der Waals surface area contributed by atoms with Gasteiger partial charge >= 0.3 is 18.2 Å². The topological polar surface area (TPSA) is 122 Å². The van der Waals surface area contributed by atoms with E-state index in [9.17, 15) is 9.59 Å². The minimum absolute atomic E-state index is 0.0211. The van der Waals surface area contributed by atoms with Gasteiger partial charge in [-0.25, -0.2) is 22.8 Å². The van der Waals surface area contributed by atoms with Crippen molar-refractivity contribution in [3.63, 3.8) is 0 Å². The number of rotatable bonds is 4. The van der Waals surface area contributed by atoms with Crippen molar-refractivity contribution >= 4 is 39.7 Å². The first kappa shape index (κ1) is 36.7. The number of piperidine rings is 2. The molecule has 8 heterocycles. The Morgan fingerprint density at radius 1 is 1.04 bits per heavy atom. The van der Waals surface area contributed by atoms with Crippen LogP contribution in [-0.4, -0.2) is 107 Å². The summed E-state index contributed by atoms with van der Waals surface area (Å²) in [6.45, 7) is 5.17. The van der Waals surface area contributed by atoms with Gasteiger partial charge in [0, 0.05) is 37.8 Å². The molecule has 56 heavy (non-hydrogen) atoms. The molecule has 2 atom stereocenters. The number of anilines is 1. The van der Waals surface area contributed by atoms with Gasteiger partial charge in [0.25, 0.3) is 0 Å². The summed E-state index contributed by atoms with van der Waals surface area (Å²) in [5.74, 6) is -0.982. The van der Waals surface area contributed by atoms with Gasteiger partial charge in [0.15, 0.2) is 5.82 Å². The lowest BCUT2D eigenvalue weighted by Crippen LogP contribution is -2.60. The monoisotopic (exact) mass is 773 g/mol. The predicted molar refractivity (Wildman–Crippen MR) is 203 cm³/mol. The highest BCUT2D eigenvalue weighted by Gasteiger charge is 2.45. The van der Waals surface area contributed by atoms with Crippen LogP contribution in [0.2, 0.25) is 0 Å². The molecule has 6 aliphatic heterocycles. The third-order valence-corrected chi connectivity index (χ3v) is 12.3. The molecule has 6 bridgehead atoms. The van der Waals surface area contributed by atoms with Gasteiger partial charge < -0.3 is 29.3 Å². The van der Waals surface area contributed by atoms with E-state index >= 15 is 13.2 Å². The van der Waals surface area contributed by atoms with Crippen LogP contribution >= 0.6 is 0 Å². The molecule has 0 spiro atoms. The normalized spacial score (nSPS) is 23.9. The number of alkyl halides is 1. The average molecular weight is 774 g/mol. The van der Waals surface area contributed by atoms with Crippen LogP contribution in [0.25, 0.3) is 32.9 Å². The maximum atomic E-state index is 17.5. The standard InChI is InChI=1S/C41H46F3N7O5/c1-40-20-26(42)22-50(23-40)36-30-21-45-34(33(44)35(30)46-37(47-36)55-24-41-11-6-15-51(41)16-7-12-41)29-19-27(56-39(53)49-13-3-2-4-14-49)18-25-9-10-31(43)28(32(25)29)8-5-17-54-38(52)48-40/h9-10,18-19,21,26H,2-8,11-17,20,22-24H2,1H3,(H,48,52). The van der Waals surface area contributed by atoms with E-state index in [0.29, 0.717) is 30.5 Å². The number of carbonyl (C=O) groups excluding carboxylic acids is 2. The molecule has 296 valence electrons. The number of nitrogens with one attached hydrogen (secondary N) is 1.